The Kier molecular flexibility index (Phi) is 3.18. The van der Waals surface area contributed by atoms with E-state index in [9.17, 15) is 0 Å². The van der Waals surface area contributed by atoms with Crippen LogP contribution < -0.4 is 5.32 Å². The monoisotopic (exact) mass is 266 g/mol. The summed E-state index contributed by atoms with van der Waals surface area (Å²) in [4.78, 5) is 4.09. The maximum absolute atomic E-state index is 5.52. The second-order valence-electron chi connectivity index (χ2n) is 3.15. The van der Waals surface area contributed by atoms with E-state index >= 15 is 0 Å². The molecule has 78 valence electrons. The van der Waals surface area contributed by atoms with Gasteiger partial charge in [0, 0.05) is 12.4 Å². The largest absolute Gasteiger partial charge is 0.452 e. The quantitative estimate of drug-likeness (QED) is 0.929. The van der Waals surface area contributed by atoms with Gasteiger partial charge in [-0.15, -0.1) is 0 Å². The van der Waals surface area contributed by atoms with Crippen LogP contribution in [0.1, 0.15) is 17.4 Å². The molecule has 2 aromatic heterocycles. The molecular formula is C11H11BrN2O. The normalized spacial score (nSPS) is 12.7. The standard InChI is InChI=1S/C11H11BrN2O/c1-13-11(8-3-2-6-14-7-8)9-4-5-10(12)15-9/h2-7,11,13H,1H3. The number of aromatic nitrogens is 1. The molecule has 1 unspecified atom stereocenters. The summed E-state index contributed by atoms with van der Waals surface area (Å²) in [6, 6.07) is 7.81. The van der Waals surface area contributed by atoms with Gasteiger partial charge in [0.15, 0.2) is 4.67 Å². The second kappa shape index (κ2) is 4.59. The highest BCUT2D eigenvalue weighted by Gasteiger charge is 2.15. The van der Waals surface area contributed by atoms with Crippen molar-refractivity contribution in [2.75, 3.05) is 7.05 Å². The van der Waals surface area contributed by atoms with Crippen molar-refractivity contribution in [2.24, 2.45) is 0 Å². The van der Waals surface area contributed by atoms with Gasteiger partial charge in [0.25, 0.3) is 0 Å². The smallest absolute Gasteiger partial charge is 0.169 e. The number of halogens is 1. The highest BCUT2D eigenvalue weighted by atomic mass is 79.9. The molecule has 15 heavy (non-hydrogen) atoms. The van der Waals surface area contributed by atoms with E-state index < -0.39 is 0 Å². The Morgan fingerprint density at radius 3 is 2.80 bits per heavy atom. The first-order chi connectivity index (χ1) is 7.31. The molecule has 0 aliphatic carbocycles. The molecule has 0 radical (unpaired) electrons. The van der Waals surface area contributed by atoms with E-state index in [1.165, 1.54) is 0 Å². The minimum absolute atomic E-state index is 0.0463. The highest BCUT2D eigenvalue weighted by Crippen LogP contribution is 2.24. The van der Waals surface area contributed by atoms with Crippen LogP contribution in [0.25, 0.3) is 0 Å². The average molecular weight is 267 g/mol. The Balaban J connectivity index is 2.33. The molecule has 0 aliphatic rings. The summed E-state index contributed by atoms with van der Waals surface area (Å²) in [5.41, 5.74) is 1.09. The summed E-state index contributed by atoms with van der Waals surface area (Å²) < 4.78 is 6.25. The van der Waals surface area contributed by atoms with Gasteiger partial charge < -0.3 is 9.73 Å². The third kappa shape index (κ3) is 2.27. The van der Waals surface area contributed by atoms with Crippen LogP contribution >= 0.6 is 15.9 Å². The van der Waals surface area contributed by atoms with Crippen LogP contribution in [0.15, 0.2) is 45.7 Å². The molecule has 1 N–H and O–H groups in total. The molecule has 3 nitrogen and oxygen atoms in total. The first-order valence-corrected chi connectivity index (χ1v) is 5.43. The zero-order valence-electron chi connectivity index (χ0n) is 8.27. The van der Waals surface area contributed by atoms with Gasteiger partial charge in [-0.25, -0.2) is 0 Å². The van der Waals surface area contributed by atoms with E-state index in [0.29, 0.717) is 0 Å². The molecule has 0 aliphatic heterocycles. The van der Waals surface area contributed by atoms with Crippen molar-refractivity contribution in [2.45, 2.75) is 6.04 Å². The van der Waals surface area contributed by atoms with Gasteiger partial charge in [-0.3, -0.25) is 4.98 Å². The molecule has 0 spiro atoms. The van der Waals surface area contributed by atoms with Crippen molar-refractivity contribution in [3.8, 4) is 0 Å². The van der Waals surface area contributed by atoms with Crippen LogP contribution in [-0.2, 0) is 0 Å². The summed E-state index contributed by atoms with van der Waals surface area (Å²) in [6.45, 7) is 0. The first-order valence-electron chi connectivity index (χ1n) is 4.63. The van der Waals surface area contributed by atoms with Crippen molar-refractivity contribution in [1.29, 1.82) is 0 Å². The zero-order valence-corrected chi connectivity index (χ0v) is 9.86. The van der Waals surface area contributed by atoms with Crippen molar-refractivity contribution in [1.82, 2.24) is 10.3 Å². The third-order valence-electron chi connectivity index (χ3n) is 2.18. The molecule has 0 amide bonds. The topological polar surface area (TPSA) is 38.1 Å². The van der Waals surface area contributed by atoms with E-state index in [1.807, 2.05) is 37.5 Å². The lowest BCUT2D eigenvalue weighted by atomic mass is 10.1. The maximum atomic E-state index is 5.52. The summed E-state index contributed by atoms with van der Waals surface area (Å²) in [7, 11) is 1.90. The highest BCUT2D eigenvalue weighted by molar-refractivity contribution is 9.10. The molecule has 2 aromatic rings. The van der Waals surface area contributed by atoms with Crippen LogP contribution in [0, 0.1) is 0 Å². The molecule has 0 saturated carbocycles. The third-order valence-corrected chi connectivity index (χ3v) is 2.61. The molecule has 2 rings (SSSR count). The predicted octanol–water partition coefficient (Wildman–Crippen LogP) is 2.75. The Bertz CT molecular complexity index is 427. The molecule has 1 atom stereocenters. The van der Waals surface area contributed by atoms with Crippen molar-refractivity contribution in [3.63, 3.8) is 0 Å². The molecule has 0 saturated heterocycles. The van der Waals surface area contributed by atoms with Crippen molar-refractivity contribution < 1.29 is 4.42 Å². The van der Waals surface area contributed by atoms with Crippen LogP contribution in [0.4, 0.5) is 0 Å². The summed E-state index contributed by atoms with van der Waals surface area (Å²) in [5.74, 6) is 0.873. The summed E-state index contributed by atoms with van der Waals surface area (Å²) in [6.07, 6.45) is 3.59. The fourth-order valence-electron chi connectivity index (χ4n) is 1.50. The second-order valence-corrected chi connectivity index (χ2v) is 3.93. The summed E-state index contributed by atoms with van der Waals surface area (Å²) >= 11 is 3.29. The van der Waals surface area contributed by atoms with E-state index in [2.05, 4.69) is 26.2 Å². The minimum atomic E-state index is 0.0463. The lowest BCUT2D eigenvalue weighted by Gasteiger charge is -2.12. The molecule has 0 aromatic carbocycles. The number of pyridine rings is 1. The Hall–Kier alpha value is -1.13. The van der Waals surface area contributed by atoms with Crippen LogP contribution in [-0.4, -0.2) is 12.0 Å². The molecular weight excluding hydrogens is 256 g/mol. The van der Waals surface area contributed by atoms with Crippen LogP contribution in [0.2, 0.25) is 0 Å². The average Bonchev–Trinajstić information content (AvgIpc) is 2.68. The van der Waals surface area contributed by atoms with Gasteiger partial charge in [0.05, 0.1) is 6.04 Å². The number of hydrogen-bond acceptors (Lipinski definition) is 3. The minimum Gasteiger partial charge on any atom is -0.452 e. The SMILES string of the molecule is CNC(c1cccnc1)c1ccc(Br)o1. The number of rotatable bonds is 3. The van der Waals surface area contributed by atoms with Gasteiger partial charge in [-0.2, -0.15) is 0 Å². The van der Waals surface area contributed by atoms with E-state index in [1.54, 1.807) is 6.20 Å². The first kappa shape index (κ1) is 10.4. The van der Waals surface area contributed by atoms with E-state index in [0.717, 1.165) is 16.0 Å². The van der Waals surface area contributed by atoms with Crippen LogP contribution in [0.5, 0.6) is 0 Å². The number of furan rings is 1. The number of hydrogen-bond donors (Lipinski definition) is 1. The fourth-order valence-corrected chi connectivity index (χ4v) is 1.82. The van der Waals surface area contributed by atoms with Crippen molar-refractivity contribution in [3.05, 3.63) is 52.7 Å². The Morgan fingerprint density at radius 1 is 1.40 bits per heavy atom. The van der Waals surface area contributed by atoms with E-state index in [4.69, 9.17) is 4.42 Å². The van der Waals surface area contributed by atoms with Gasteiger partial charge in [-0.05, 0) is 46.7 Å². The molecule has 0 fully saturated rings. The van der Waals surface area contributed by atoms with Gasteiger partial charge in [-0.1, -0.05) is 6.07 Å². The van der Waals surface area contributed by atoms with Gasteiger partial charge in [0.2, 0.25) is 0 Å². The Morgan fingerprint density at radius 2 is 2.27 bits per heavy atom. The van der Waals surface area contributed by atoms with Crippen LogP contribution in [0.3, 0.4) is 0 Å². The van der Waals surface area contributed by atoms with Gasteiger partial charge >= 0.3 is 0 Å². The lowest BCUT2D eigenvalue weighted by Crippen LogP contribution is -2.16. The lowest BCUT2D eigenvalue weighted by molar-refractivity contribution is 0.446. The fraction of sp³-hybridized carbons (Fsp3) is 0.182. The van der Waals surface area contributed by atoms with Crippen molar-refractivity contribution >= 4 is 15.9 Å². The molecule has 4 heteroatoms. The molecule has 0 bridgehead atoms. The number of nitrogens with zero attached hydrogens (tertiary/aromatic N) is 1. The Labute approximate surface area is 96.6 Å². The predicted molar refractivity (Wildman–Crippen MR) is 61.5 cm³/mol. The van der Waals surface area contributed by atoms with Gasteiger partial charge in [0.1, 0.15) is 5.76 Å². The maximum Gasteiger partial charge on any atom is 0.169 e. The zero-order chi connectivity index (χ0) is 10.7. The number of nitrogens with one attached hydrogen (secondary N) is 1. The van der Waals surface area contributed by atoms with E-state index in [-0.39, 0.29) is 6.04 Å². The molecule has 2 heterocycles. The summed E-state index contributed by atoms with van der Waals surface area (Å²) in [5, 5.41) is 3.19.